The first kappa shape index (κ1) is 14.8. The second-order valence-electron chi connectivity index (χ2n) is 8.04. The summed E-state index contributed by atoms with van der Waals surface area (Å²) < 4.78 is 0. The molecule has 2 aromatic rings. The Balaban J connectivity index is 1.58. The first-order valence-corrected chi connectivity index (χ1v) is 8.90. The second-order valence-corrected chi connectivity index (χ2v) is 8.04. The summed E-state index contributed by atoms with van der Waals surface area (Å²) in [5.41, 5.74) is 5.20. The lowest BCUT2D eigenvalue weighted by atomic mass is 9.93. The summed E-state index contributed by atoms with van der Waals surface area (Å²) in [6.07, 6.45) is 4.70. The minimum Gasteiger partial charge on any atom is -0.357 e. The van der Waals surface area contributed by atoms with Crippen molar-refractivity contribution in [3.63, 3.8) is 0 Å². The number of carbonyl (C=O) groups is 1. The van der Waals surface area contributed by atoms with Crippen LogP contribution < -0.4 is 5.32 Å². The Labute approximate surface area is 137 Å². The van der Waals surface area contributed by atoms with E-state index in [9.17, 15) is 4.79 Å². The molecule has 0 unspecified atom stereocenters. The molecule has 0 saturated heterocycles. The van der Waals surface area contributed by atoms with E-state index in [1.807, 2.05) is 6.92 Å². The first-order valence-electron chi connectivity index (χ1n) is 8.90. The van der Waals surface area contributed by atoms with Crippen LogP contribution in [0.2, 0.25) is 0 Å². The second kappa shape index (κ2) is 5.12. The highest BCUT2D eigenvalue weighted by molar-refractivity contribution is 5.85. The molecule has 122 valence electrons. The number of carbonyl (C=O) groups excluding carboxylic acids is 1. The van der Waals surface area contributed by atoms with Crippen LogP contribution >= 0.6 is 0 Å². The molecule has 1 aromatic carbocycles. The molecule has 2 aliphatic carbocycles. The van der Waals surface area contributed by atoms with E-state index in [2.05, 4.69) is 42.3 Å². The molecule has 2 N–H and O–H groups in total. The third-order valence-electron chi connectivity index (χ3n) is 5.51. The highest BCUT2D eigenvalue weighted by Crippen LogP contribution is 2.45. The van der Waals surface area contributed by atoms with E-state index in [0.29, 0.717) is 12.5 Å². The average Bonchev–Trinajstić information content (AvgIpc) is 3.43. The van der Waals surface area contributed by atoms with Crippen LogP contribution in [0.15, 0.2) is 18.2 Å². The topological polar surface area (TPSA) is 44.9 Å². The Morgan fingerprint density at radius 1 is 1.30 bits per heavy atom. The van der Waals surface area contributed by atoms with Crippen molar-refractivity contribution in [3.8, 4) is 0 Å². The quantitative estimate of drug-likeness (QED) is 0.834. The maximum atomic E-state index is 12.1. The van der Waals surface area contributed by atoms with E-state index in [1.54, 1.807) is 0 Å². The minimum absolute atomic E-state index is 0.101. The monoisotopic (exact) mass is 310 g/mol. The van der Waals surface area contributed by atoms with Crippen LogP contribution in [0.5, 0.6) is 0 Å². The molecule has 3 heteroatoms. The maximum absolute atomic E-state index is 12.1. The standard InChI is InChI=1S/C20H26N2O/c1-12(2)16-10-18-14(9-17(16)13-4-5-13)8-15(22-18)11-21-19(23)20(3)6-7-20/h8-10,12-13,22H,4-7,11H2,1-3H3,(H,21,23). The number of aromatic nitrogens is 1. The van der Waals surface area contributed by atoms with Crippen molar-refractivity contribution >= 4 is 16.8 Å². The number of fused-ring (bicyclic) bond motifs is 1. The molecule has 1 heterocycles. The highest BCUT2D eigenvalue weighted by Gasteiger charge is 2.44. The van der Waals surface area contributed by atoms with E-state index in [-0.39, 0.29) is 11.3 Å². The molecule has 4 rings (SSSR count). The summed E-state index contributed by atoms with van der Waals surface area (Å²) in [7, 11) is 0. The Kier molecular flexibility index (Phi) is 3.29. The molecule has 1 amide bonds. The van der Waals surface area contributed by atoms with Gasteiger partial charge < -0.3 is 10.3 Å². The SMILES string of the molecule is CC(C)c1cc2[nH]c(CNC(=O)C3(C)CC3)cc2cc1C1CC1. The van der Waals surface area contributed by atoms with Gasteiger partial charge in [0.2, 0.25) is 5.91 Å². The molecule has 1 aromatic heterocycles. The van der Waals surface area contributed by atoms with Crippen molar-refractivity contribution in [2.24, 2.45) is 5.41 Å². The van der Waals surface area contributed by atoms with Gasteiger partial charge in [0.1, 0.15) is 0 Å². The number of H-pyrrole nitrogens is 1. The summed E-state index contributed by atoms with van der Waals surface area (Å²) in [6, 6.07) is 6.88. The number of amides is 1. The fourth-order valence-electron chi connectivity index (χ4n) is 3.42. The lowest BCUT2D eigenvalue weighted by molar-refractivity contribution is -0.125. The minimum atomic E-state index is -0.101. The van der Waals surface area contributed by atoms with Crippen LogP contribution in [0.4, 0.5) is 0 Å². The van der Waals surface area contributed by atoms with Crippen LogP contribution in [-0.4, -0.2) is 10.9 Å². The van der Waals surface area contributed by atoms with Gasteiger partial charge >= 0.3 is 0 Å². The number of rotatable bonds is 5. The predicted octanol–water partition coefficient (Wildman–Crippen LogP) is 4.59. The summed E-state index contributed by atoms with van der Waals surface area (Å²) >= 11 is 0. The summed E-state index contributed by atoms with van der Waals surface area (Å²) in [4.78, 5) is 15.6. The number of nitrogens with one attached hydrogen (secondary N) is 2. The van der Waals surface area contributed by atoms with Crippen molar-refractivity contribution in [2.75, 3.05) is 0 Å². The van der Waals surface area contributed by atoms with Gasteiger partial charge in [-0.1, -0.05) is 20.8 Å². The average molecular weight is 310 g/mol. The summed E-state index contributed by atoms with van der Waals surface area (Å²) in [6.45, 7) is 7.18. The zero-order valence-electron chi connectivity index (χ0n) is 14.3. The zero-order valence-corrected chi connectivity index (χ0v) is 14.3. The molecule has 0 aliphatic heterocycles. The van der Waals surface area contributed by atoms with Gasteiger partial charge in [-0.3, -0.25) is 4.79 Å². The molecular formula is C20H26N2O. The van der Waals surface area contributed by atoms with E-state index in [4.69, 9.17) is 0 Å². The van der Waals surface area contributed by atoms with E-state index in [0.717, 1.165) is 24.5 Å². The molecule has 0 radical (unpaired) electrons. The molecule has 2 fully saturated rings. The van der Waals surface area contributed by atoms with Gasteiger partial charge in [-0.05, 0) is 66.8 Å². The van der Waals surface area contributed by atoms with Gasteiger partial charge in [0.05, 0.1) is 6.54 Å². The summed E-state index contributed by atoms with van der Waals surface area (Å²) in [5.74, 6) is 1.51. The van der Waals surface area contributed by atoms with Crippen LogP contribution in [-0.2, 0) is 11.3 Å². The van der Waals surface area contributed by atoms with Crippen molar-refractivity contribution in [2.45, 2.75) is 64.8 Å². The first-order chi connectivity index (χ1) is 11.0. The molecule has 0 bridgehead atoms. The molecule has 23 heavy (non-hydrogen) atoms. The molecule has 0 spiro atoms. The lowest BCUT2D eigenvalue weighted by Gasteiger charge is -2.12. The van der Waals surface area contributed by atoms with Gasteiger partial charge in [-0.2, -0.15) is 0 Å². The Morgan fingerprint density at radius 2 is 2.04 bits per heavy atom. The van der Waals surface area contributed by atoms with Gasteiger partial charge in [-0.15, -0.1) is 0 Å². The number of benzene rings is 1. The highest BCUT2D eigenvalue weighted by atomic mass is 16.2. The van der Waals surface area contributed by atoms with E-state index < -0.39 is 0 Å². The molecule has 2 saturated carbocycles. The third-order valence-corrected chi connectivity index (χ3v) is 5.51. The molecule has 2 aliphatic rings. The largest absolute Gasteiger partial charge is 0.357 e. The Bertz CT molecular complexity index is 724. The fourth-order valence-corrected chi connectivity index (χ4v) is 3.42. The van der Waals surface area contributed by atoms with Crippen LogP contribution in [0.25, 0.3) is 10.9 Å². The van der Waals surface area contributed by atoms with Crippen LogP contribution in [0.3, 0.4) is 0 Å². The number of hydrogen-bond acceptors (Lipinski definition) is 1. The normalized spacial score (nSPS) is 19.3. The molecule has 3 nitrogen and oxygen atoms in total. The Hall–Kier alpha value is -1.77. The van der Waals surface area contributed by atoms with E-state index in [1.165, 1.54) is 34.9 Å². The van der Waals surface area contributed by atoms with Crippen molar-refractivity contribution in [3.05, 3.63) is 35.0 Å². The smallest absolute Gasteiger partial charge is 0.226 e. The van der Waals surface area contributed by atoms with Gasteiger partial charge in [0.25, 0.3) is 0 Å². The maximum Gasteiger partial charge on any atom is 0.226 e. The van der Waals surface area contributed by atoms with Crippen molar-refractivity contribution in [1.29, 1.82) is 0 Å². The number of hydrogen-bond donors (Lipinski definition) is 2. The summed E-state index contributed by atoms with van der Waals surface area (Å²) in [5, 5.41) is 4.36. The lowest BCUT2D eigenvalue weighted by Crippen LogP contribution is -2.29. The zero-order chi connectivity index (χ0) is 16.2. The Morgan fingerprint density at radius 3 is 2.65 bits per heavy atom. The van der Waals surface area contributed by atoms with Gasteiger partial charge in [0.15, 0.2) is 0 Å². The van der Waals surface area contributed by atoms with Crippen LogP contribution in [0.1, 0.15) is 75.1 Å². The van der Waals surface area contributed by atoms with Gasteiger partial charge in [0, 0.05) is 22.0 Å². The van der Waals surface area contributed by atoms with Crippen molar-refractivity contribution < 1.29 is 4.79 Å². The fraction of sp³-hybridized carbons (Fsp3) is 0.550. The predicted molar refractivity (Wildman–Crippen MR) is 93.6 cm³/mol. The molecule has 0 atom stereocenters. The third kappa shape index (κ3) is 2.77. The number of aromatic amines is 1. The van der Waals surface area contributed by atoms with Crippen LogP contribution in [0, 0.1) is 5.41 Å². The molecular weight excluding hydrogens is 284 g/mol. The van der Waals surface area contributed by atoms with E-state index >= 15 is 0 Å². The van der Waals surface area contributed by atoms with Gasteiger partial charge in [-0.25, -0.2) is 0 Å². The van der Waals surface area contributed by atoms with Crippen molar-refractivity contribution in [1.82, 2.24) is 10.3 Å².